The third-order valence-corrected chi connectivity index (χ3v) is 10.4. The molecule has 0 N–H and O–H groups in total. The summed E-state index contributed by atoms with van der Waals surface area (Å²) in [6.07, 6.45) is 8.75. The summed E-state index contributed by atoms with van der Waals surface area (Å²) < 4.78 is 0. The van der Waals surface area contributed by atoms with Gasteiger partial charge in [0.05, 0.1) is 11.4 Å². The second kappa shape index (κ2) is 17.4. The molecule has 0 saturated heterocycles. The average molecular weight is 729 g/mol. The van der Waals surface area contributed by atoms with Crippen LogP contribution in [0.15, 0.2) is 170 Å². The number of nitrogens with zero attached hydrogens (tertiary/aromatic N) is 2. The minimum Gasteiger partial charge on any atom is -0.310 e. The molecule has 7 aromatic carbocycles. The van der Waals surface area contributed by atoms with Gasteiger partial charge in [0, 0.05) is 22.7 Å². The molecule has 0 bridgehead atoms. The first-order valence-corrected chi connectivity index (χ1v) is 19.8. The van der Waals surface area contributed by atoms with Crippen molar-refractivity contribution in [1.82, 2.24) is 0 Å². The number of hydrogen-bond acceptors (Lipinski definition) is 2. The first-order chi connectivity index (χ1) is 27.3. The first kappa shape index (κ1) is 37.9. The fourth-order valence-corrected chi connectivity index (χ4v) is 7.45. The molecule has 0 saturated carbocycles. The zero-order valence-electron chi connectivity index (χ0n) is 33.5. The van der Waals surface area contributed by atoms with Crippen molar-refractivity contribution >= 4 is 58.4 Å². The lowest BCUT2D eigenvalue weighted by atomic mass is 9.96. The molecule has 0 aromatic heterocycles. The van der Waals surface area contributed by atoms with Crippen LogP contribution in [0.2, 0.25) is 0 Å². The molecule has 0 radical (unpaired) electrons. The molecule has 278 valence electrons. The van der Waals surface area contributed by atoms with Gasteiger partial charge in [0.2, 0.25) is 0 Å². The summed E-state index contributed by atoms with van der Waals surface area (Å²) in [6.45, 7) is 13.5. The predicted molar refractivity (Wildman–Crippen MR) is 244 cm³/mol. The van der Waals surface area contributed by atoms with Crippen molar-refractivity contribution < 1.29 is 0 Å². The average Bonchev–Trinajstić information content (AvgIpc) is 3.22. The maximum atomic E-state index is 2.39. The largest absolute Gasteiger partial charge is 0.310 e. The highest BCUT2D eigenvalue weighted by molar-refractivity contribution is 5.83. The van der Waals surface area contributed by atoms with Gasteiger partial charge in [-0.1, -0.05) is 173 Å². The molecule has 0 amide bonds. The van der Waals surface area contributed by atoms with Gasteiger partial charge in [0.1, 0.15) is 0 Å². The van der Waals surface area contributed by atoms with Gasteiger partial charge in [-0.2, -0.15) is 0 Å². The van der Waals surface area contributed by atoms with E-state index in [4.69, 9.17) is 0 Å². The summed E-state index contributed by atoms with van der Waals surface area (Å²) in [5, 5.41) is 0. The minimum absolute atomic E-state index is 0.409. The fraction of sp³-hybridized carbons (Fsp3) is 0.148. The van der Waals surface area contributed by atoms with Gasteiger partial charge >= 0.3 is 0 Å². The number of aryl methyl sites for hydroxylation is 2. The highest BCUT2D eigenvalue weighted by Gasteiger charge is 2.21. The summed E-state index contributed by atoms with van der Waals surface area (Å²) >= 11 is 0. The molecule has 0 heterocycles. The lowest BCUT2D eigenvalue weighted by molar-refractivity contribution is 0.862. The van der Waals surface area contributed by atoms with E-state index in [1.54, 1.807) is 0 Å². The third kappa shape index (κ3) is 8.61. The molecule has 0 aliphatic rings. The van der Waals surface area contributed by atoms with Gasteiger partial charge in [-0.15, -0.1) is 0 Å². The van der Waals surface area contributed by atoms with E-state index in [0.29, 0.717) is 11.8 Å². The Morgan fingerprint density at radius 3 is 0.911 bits per heavy atom. The standard InChI is InChI=1S/C54H52N2/c1-39(2)51-21-13-15-41(5)53(51)55(47-17-9-7-10-18-47)49-35-31-45(32-36-49)29-27-43-23-25-44(26-24-43)28-30-46-33-37-50(38-34-46)56(48-19-11-8-12-20-48)54-42(6)16-14-22-52(54)40(3)4/h7-40H,1-6H3/b29-27+,30-28+. The quantitative estimate of drug-likeness (QED) is 0.116. The molecule has 0 atom stereocenters. The summed E-state index contributed by atoms with van der Waals surface area (Å²) in [4.78, 5) is 4.79. The van der Waals surface area contributed by atoms with Crippen LogP contribution in [0.5, 0.6) is 0 Å². The molecule has 0 spiro atoms. The van der Waals surface area contributed by atoms with E-state index >= 15 is 0 Å². The molecule has 2 nitrogen and oxygen atoms in total. The third-order valence-electron chi connectivity index (χ3n) is 10.4. The molecular formula is C54H52N2. The van der Waals surface area contributed by atoms with Crippen molar-refractivity contribution in [3.8, 4) is 0 Å². The van der Waals surface area contributed by atoms with E-state index in [2.05, 4.69) is 246 Å². The van der Waals surface area contributed by atoms with Crippen molar-refractivity contribution in [2.45, 2.75) is 53.4 Å². The molecule has 2 heteroatoms. The number of benzene rings is 7. The Morgan fingerprint density at radius 2 is 0.607 bits per heavy atom. The summed E-state index contributed by atoms with van der Waals surface area (Å²) in [5.41, 5.74) is 17.0. The molecule has 0 unspecified atom stereocenters. The Hall–Kier alpha value is -6.38. The first-order valence-electron chi connectivity index (χ1n) is 19.8. The van der Waals surface area contributed by atoms with Gasteiger partial charge in [0.15, 0.2) is 0 Å². The van der Waals surface area contributed by atoms with Crippen molar-refractivity contribution in [2.24, 2.45) is 0 Å². The van der Waals surface area contributed by atoms with Crippen LogP contribution >= 0.6 is 0 Å². The van der Waals surface area contributed by atoms with Crippen molar-refractivity contribution in [1.29, 1.82) is 0 Å². The highest BCUT2D eigenvalue weighted by Crippen LogP contribution is 2.42. The molecule has 7 aromatic rings. The summed E-state index contributed by atoms with van der Waals surface area (Å²) in [6, 6.07) is 61.1. The van der Waals surface area contributed by atoms with Crippen LogP contribution in [0.3, 0.4) is 0 Å². The SMILES string of the molecule is Cc1cccc(C(C)C)c1N(c1ccccc1)c1ccc(/C=C/c2ccc(/C=C/c3ccc(N(c4ccccc4)c4c(C)cccc4C(C)C)cc3)cc2)cc1. The molecule has 0 aliphatic heterocycles. The van der Waals surface area contributed by atoms with Crippen molar-refractivity contribution in [3.63, 3.8) is 0 Å². The number of hydrogen-bond donors (Lipinski definition) is 0. The number of anilines is 6. The van der Waals surface area contributed by atoms with E-state index in [1.165, 1.54) is 44.8 Å². The van der Waals surface area contributed by atoms with Crippen LogP contribution < -0.4 is 9.80 Å². The monoisotopic (exact) mass is 728 g/mol. The van der Waals surface area contributed by atoms with Gasteiger partial charge in [-0.25, -0.2) is 0 Å². The Bertz CT molecular complexity index is 2230. The minimum atomic E-state index is 0.409. The molecule has 0 aliphatic carbocycles. The van der Waals surface area contributed by atoms with Crippen LogP contribution in [0.1, 0.15) is 84.0 Å². The lowest BCUT2D eigenvalue weighted by Crippen LogP contribution is -2.14. The fourth-order valence-electron chi connectivity index (χ4n) is 7.45. The van der Waals surface area contributed by atoms with Crippen LogP contribution in [0.25, 0.3) is 24.3 Å². The maximum Gasteiger partial charge on any atom is 0.0525 e. The van der Waals surface area contributed by atoms with Crippen LogP contribution in [0, 0.1) is 13.8 Å². The van der Waals surface area contributed by atoms with E-state index < -0.39 is 0 Å². The second-order valence-corrected chi connectivity index (χ2v) is 15.2. The van der Waals surface area contributed by atoms with E-state index in [1.807, 2.05) is 0 Å². The van der Waals surface area contributed by atoms with Gasteiger partial charge in [0.25, 0.3) is 0 Å². The Balaban J connectivity index is 1.06. The Morgan fingerprint density at radius 1 is 0.321 bits per heavy atom. The molecule has 7 rings (SSSR count). The van der Waals surface area contributed by atoms with Gasteiger partial charge in [-0.05, 0) is 119 Å². The molecular weight excluding hydrogens is 677 g/mol. The summed E-state index contributed by atoms with van der Waals surface area (Å²) in [7, 11) is 0. The van der Waals surface area contributed by atoms with Crippen LogP contribution in [-0.4, -0.2) is 0 Å². The zero-order valence-corrected chi connectivity index (χ0v) is 33.5. The summed E-state index contributed by atoms with van der Waals surface area (Å²) in [5.74, 6) is 0.817. The molecule has 0 fully saturated rings. The van der Waals surface area contributed by atoms with Gasteiger partial charge < -0.3 is 9.80 Å². The normalized spacial score (nSPS) is 11.6. The number of rotatable bonds is 12. The van der Waals surface area contributed by atoms with Crippen LogP contribution in [-0.2, 0) is 0 Å². The van der Waals surface area contributed by atoms with Crippen LogP contribution in [0.4, 0.5) is 34.1 Å². The van der Waals surface area contributed by atoms with Crippen molar-refractivity contribution in [3.05, 3.63) is 214 Å². The topological polar surface area (TPSA) is 6.48 Å². The zero-order chi connectivity index (χ0) is 39.0. The smallest absolute Gasteiger partial charge is 0.0525 e. The van der Waals surface area contributed by atoms with Crippen molar-refractivity contribution in [2.75, 3.05) is 9.80 Å². The lowest BCUT2D eigenvalue weighted by Gasteiger charge is -2.30. The Kier molecular flexibility index (Phi) is 11.8. The van der Waals surface area contributed by atoms with E-state index in [-0.39, 0.29) is 0 Å². The molecule has 56 heavy (non-hydrogen) atoms. The Labute approximate surface area is 334 Å². The van der Waals surface area contributed by atoms with E-state index in [0.717, 1.165) is 33.9 Å². The van der Waals surface area contributed by atoms with Gasteiger partial charge in [-0.3, -0.25) is 0 Å². The van der Waals surface area contributed by atoms with E-state index in [9.17, 15) is 0 Å². The second-order valence-electron chi connectivity index (χ2n) is 15.2. The highest BCUT2D eigenvalue weighted by atomic mass is 15.2. The number of para-hydroxylation sites is 4. The maximum absolute atomic E-state index is 2.39. The predicted octanol–water partition coefficient (Wildman–Crippen LogP) is 15.8.